The van der Waals surface area contributed by atoms with Crippen LogP contribution in [0.25, 0.3) is 0 Å². The SMILES string of the molecule is CCNC(=NCc1noc(C)n1)NCC1CC(=O)Nc2ccccc21. The minimum Gasteiger partial charge on any atom is -0.357 e. The van der Waals surface area contributed by atoms with E-state index in [0.29, 0.717) is 37.2 Å². The Bertz CT molecular complexity index is 770. The van der Waals surface area contributed by atoms with E-state index in [1.807, 2.05) is 31.2 Å². The number of aromatic nitrogens is 2. The third-order valence-electron chi connectivity index (χ3n) is 3.91. The van der Waals surface area contributed by atoms with Gasteiger partial charge in [-0.1, -0.05) is 23.4 Å². The van der Waals surface area contributed by atoms with E-state index < -0.39 is 0 Å². The lowest BCUT2D eigenvalue weighted by Crippen LogP contribution is -2.40. The van der Waals surface area contributed by atoms with Gasteiger partial charge in [-0.05, 0) is 18.6 Å². The number of amides is 1. The van der Waals surface area contributed by atoms with Crippen LogP contribution in [0.1, 0.15) is 36.5 Å². The van der Waals surface area contributed by atoms with Gasteiger partial charge in [0.05, 0.1) is 0 Å². The summed E-state index contributed by atoms with van der Waals surface area (Å²) in [6.07, 6.45) is 0.452. The molecule has 1 aromatic carbocycles. The largest absolute Gasteiger partial charge is 0.357 e. The molecule has 0 saturated carbocycles. The van der Waals surface area contributed by atoms with Crippen LogP contribution in [0, 0.1) is 6.92 Å². The molecule has 1 aromatic heterocycles. The number of hydrogen-bond donors (Lipinski definition) is 3. The van der Waals surface area contributed by atoms with Crippen LogP contribution in [-0.4, -0.2) is 35.1 Å². The predicted molar refractivity (Wildman–Crippen MR) is 94.3 cm³/mol. The van der Waals surface area contributed by atoms with Crippen LogP contribution in [0.5, 0.6) is 0 Å². The standard InChI is InChI=1S/C17H22N6O2/c1-3-18-17(20-10-15-21-11(2)25-23-15)19-9-12-8-16(24)22-14-7-5-4-6-13(12)14/h4-7,12H,3,8-10H2,1-2H3,(H,22,24)(H2,18,19,20). The highest BCUT2D eigenvalue weighted by Crippen LogP contribution is 2.31. The molecule has 132 valence electrons. The maximum absolute atomic E-state index is 11.9. The molecule has 0 fully saturated rings. The average molecular weight is 342 g/mol. The number of aryl methyl sites for hydroxylation is 1. The molecule has 3 N–H and O–H groups in total. The molecule has 8 nitrogen and oxygen atoms in total. The maximum Gasteiger partial charge on any atom is 0.225 e. The number of anilines is 1. The summed E-state index contributed by atoms with van der Waals surface area (Å²) in [5, 5.41) is 13.2. The lowest BCUT2D eigenvalue weighted by Gasteiger charge is -2.26. The Morgan fingerprint density at radius 3 is 3.00 bits per heavy atom. The first-order chi connectivity index (χ1) is 12.2. The van der Waals surface area contributed by atoms with Crippen molar-refractivity contribution in [2.24, 2.45) is 4.99 Å². The van der Waals surface area contributed by atoms with Gasteiger partial charge in [-0.15, -0.1) is 0 Å². The molecule has 1 unspecified atom stereocenters. The summed E-state index contributed by atoms with van der Waals surface area (Å²) in [4.78, 5) is 20.5. The zero-order valence-corrected chi connectivity index (χ0v) is 14.4. The zero-order chi connectivity index (χ0) is 17.6. The fourth-order valence-corrected chi connectivity index (χ4v) is 2.80. The normalized spacial score (nSPS) is 17.0. The Hall–Kier alpha value is -2.90. The quantitative estimate of drug-likeness (QED) is 0.563. The summed E-state index contributed by atoms with van der Waals surface area (Å²) in [7, 11) is 0. The maximum atomic E-state index is 11.9. The fraction of sp³-hybridized carbons (Fsp3) is 0.412. The Morgan fingerprint density at radius 1 is 1.40 bits per heavy atom. The summed E-state index contributed by atoms with van der Waals surface area (Å²) in [6, 6.07) is 7.89. The first-order valence-corrected chi connectivity index (χ1v) is 8.36. The fourth-order valence-electron chi connectivity index (χ4n) is 2.80. The average Bonchev–Trinajstić information content (AvgIpc) is 3.02. The molecule has 1 aliphatic heterocycles. The van der Waals surface area contributed by atoms with Crippen LogP contribution in [0.4, 0.5) is 5.69 Å². The highest BCUT2D eigenvalue weighted by Gasteiger charge is 2.24. The summed E-state index contributed by atoms with van der Waals surface area (Å²) >= 11 is 0. The number of benzene rings is 1. The Balaban J connectivity index is 1.66. The van der Waals surface area contributed by atoms with E-state index in [9.17, 15) is 4.79 Å². The van der Waals surface area contributed by atoms with Crippen molar-refractivity contribution in [1.82, 2.24) is 20.8 Å². The number of nitrogens with zero attached hydrogens (tertiary/aromatic N) is 3. The molecule has 8 heteroatoms. The number of nitrogens with one attached hydrogen (secondary N) is 3. The lowest BCUT2D eigenvalue weighted by molar-refractivity contribution is -0.116. The predicted octanol–water partition coefficient (Wildman–Crippen LogP) is 1.56. The van der Waals surface area contributed by atoms with Gasteiger partial charge in [0.25, 0.3) is 0 Å². The second kappa shape index (κ2) is 7.78. The summed E-state index contributed by atoms with van der Waals surface area (Å²) < 4.78 is 4.95. The molecule has 0 spiro atoms. The van der Waals surface area contributed by atoms with Crippen LogP contribution < -0.4 is 16.0 Å². The van der Waals surface area contributed by atoms with E-state index >= 15 is 0 Å². The Kier molecular flexibility index (Phi) is 5.27. The Morgan fingerprint density at radius 2 is 2.24 bits per heavy atom. The van der Waals surface area contributed by atoms with E-state index in [0.717, 1.165) is 17.8 Å². The topological polar surface area (TPSA) is 104 Å². The molecule has 0 bridgehead atoms. The van der Waals surface area contributed by atoms with Crippen LogP contribution in [-0.2, 0) is 11.3 Å². The van der Waals surface area contributed by atoms with E-state index in [1.165, 1.54) is 0 Å². The van der Waals surface area contributed by atoms with Crippen molar-refractivity contribution in [1.29, 1.82) is 0 Å². The van der Waals surface area contributed by atoms with Crippen molar-refractivity contribution in [2.75, 3.05) is 18.4 Å². The third-order valence-corrected chi connectivity index (χ3v) is 3.91. The van der Waals surface area contributed by atoms with Crippen molar-refractivity contribution in [3.05, 3.63) is 41.5 Å². The number of fused-ring (bicyclic) bond motifs is 1. The first kappa shape index (κ1) is 16.9. The van der Waals surface area contributed by atoms with Gasteiger partial charge < -0.3 is 20.5 Å². The second-order valence-corrected chi connectivity index (χ2v) is 5.84. The highest BCUT2D eigenvalue weighted by molar-refractivity contribution is 5.94. The molecule has 0 aliphatic carbocycles. The monoisotopic (exact) mass is 342 g/mol. The number of carbonyl (C=O) groups is 1. The first-order valence-electron chi connectivity index (χ1n) is 8.36. The Labute approximate surface area is 146 Å². The smallest absolute Gasteiger partial charge is 0.225 e. The van der Waals surface area contributed by atoms with E-state index in [-0.39, 0.29) is 11.8 Å². The van der Waals surface area contributed by atoms with Gasteiger partial charge in [0.1, 0.15) is 6.54 Å². The third kappa shape index (κ3) is 4.34. The minimum atomic E-state index is 0.0368. The van der Waals surface area contributed by atoms with E-state index in [2.05, 4.69) is 31.1 Å². The van der Waals surface area contributed by atoms with Gasteiger partial charge in [-0.3, -0.25) is 4.79 Å². The van der Waals surface area contributed by atoms with Crippen molar-refractivity contribution in [2.45, 2.75) is 32.7 Å². The van der Waals surface area contributed by atoms with Crippen LogP contribution in [0.2, 0.25) is 0 Å². The molecular weight excluding hydrogens is 320 g/mol. The van der Waals surface area contributed by atoms with Crippen molar-refractivity contribution < 1.29 is 9.32 Å². The van der Waals surface area contributed by atoms with E-state index in [1.54, 1.807) is 6.92 Å². The number of hydrogen-bond acceptors (Lipinski definition) is 5. The molecule has 1 amide bonds. The van der Waals surface area contributed by atoms with Crippen LogP contribution in [0.3, 0.4) is 0 Å². The number of guanidine groups is 1. The summed E-state index contributed by atoms with van der Waals surface area (Å²) in [5.74, 6) is 1.86. The molecule has 1 aliphatic rings. The molecule has 25 heavy (non-hydrogen) atoms. The number of para-hydroxylation sites is 1. The van der Waals surface area contributed by atoms with Gasteiger partial charge in [0.15, 0.2) is 11.8 Å². The van der Waals surface area contributed by atoms with Gasteiger partial charge >= 0.3 is 0 Å². The highest BCUT2D eigenvalue weighted by atomic mass is 16.5. The molecule has 1 atom stereocenters. The van der Waals surface area contributed by atoms with Crippen LogP contribution in [0.15, 0.2) is 33.8 Å². The summed E-state index contributed by atoms with van der Waals surface area (Å²) in [5.41, 5.74) is 2.02. The van der Waals surface area contributed by atoms with Crippen LogP contribution >= 0.6 is 0 Å². The van der Waals surface area contributed by atoms with Crippen molar-refractivity contribution in [3.63, 3.8) is 0 Å². The van der Waals surface area contributed by atoms with Crippen molar-refractivity contribution >= 4 is 17.6 Å². The van der Waals surface area contributed by atoms with Gasteiger partial charge in [-0.25, -0.2) is 4.99 Å². The second-order valence-electron chi connectivity index (χ2n) is 5.84. The van der Waals surface area contributed by atoms with E-state index in [4.69, 9.17) is 4.52 Å². The van der Waals surface area contributed by atoms with Gasteiger partial charge in [-0.2, -0.15) is 4.98 Å². The number of rotatable bonds is 5. The molecule has 2 aromatic rings. The zero-order valence-electron chi connectivity index (χ0n) is 14.4. The van der Waals surface area contributed by atoms with Crippen molar-refractivity contribution in [3.8, 4) is 0 Å². The minimum absolute atomic E-state index is 0.0368. The molecule has 2 heterocycles. The lowest BCUT2D eigenvalue weighted by atomic mass is 9.90. The molecule has 0 saturated heterocycles. The summed E-state index contributed by atoms with van der Waals surface area (Å²) in [6.45, 7) is 5.42. The molecule has 0 radical (unpaired) electrons. The van der Waals surface area contributed by atoms with Gasteiger partial charge in [0, 0.05) is 38.0 Å². The molecule has 3 rings (SSSR count). The number of aliphatic imine (C=N–C) groups is 1. The van der Waals surface area contributed by atoms with Gasteiger partial charge in [0.2, 0.25) is 11.8 Å². The molecular formula is C17H22N6O2. The number of carbonyl (C=O) groups excluding carboxylic acids is 1.